The van der Waals surface area contributed by atoms with Crippen molar-refractivity contribution < 1.29 is 9.90 Å². The van der Waals surface area contributed by atoms with Crippen LogP contribution in [0.5, 0.6) is 5.75 Å². The smallest absolute Gasteiger partial charge is 0.163 e. The molecule has 0 aliphatic carbocycles. The minimum absolute atomic E-state index is 0.0129. The maximum absolute atomic E-state index is 10.9. The van der Waals surface area contributed by atoms with Crippen molar-refractivity contribution in [1.29, 1.82) is 0 Å². The van der Waals surface area contributed by atoms with Crippen LogP contribution >= 0.6 is 22.6 Å². The minimum atomic E-state index is -0.185. The van der Waals surface area contributed by atoms with Crippen LogP contribution in [-0.4, -0.2) is 10.9 Å². The van der Waals surface area contributed by atoms with E-state index in [2.05, 4.69) is 0 Å². The van der Waals surface area contributed by atoms with Gasteiger partial charge >= 0.3 is 0 Å². The third-order valence-electron chi connectivity index (χ3n) is 1.49. The number of rotatable bonds is 1. The molecule has 12 heavy (non-hydrogen) atoms. The predicted octanol–water partition coefficient (Wildman–Crippen LogP) is 1.78. The highest BCUT2D eigenvalue weighted by Gasteiger charge is 2.08. The van der Waals surface area contributed by atoms with Gasteiger partial charge in [-0.25, -0.2) is 0 Å². The van der Waals surface area contributed by atoms with Gasteiger partial charge in [0.1, 0.15) is 5.75 Å². The van der Waals surface area contributed by atoms with Gasteiger partial charge in [-0.15, -0.1) is 0 Å². The van der Waals surface area contributed by atoms with Gasteiger partial charge in [0, 0.05) is 9.26 Å². The van der Waals surface area contributed by atoms with E-state index in [-0.39, 0.29) is 17.1 Å². The van der Waals surface area contributed by atoms with E-state index >= 15 is 0 Å². The van der Waals surface area contributed by atoms with Gasteiger partial charge in [-0.3, -0.25) is 4.79 Å². The van der Waals surface area contributed by atoms with Gasteiger partial charge in [-0.1, -0.05) is 0 Å². The number of hydrogen-bond acceptors (Lipinski definition) is 3. The number of anilines is 1. The van der Waals surface area contributed by atoms with E-state index in [1.54, 1.807) is 0 Å². The Morgan fingerprint density at radius 1 is 1.58 bits per heavy atom. The second-order valence-corrected chi connectivity index (χ2v) is 3.61. The lowest BCUT2D eigenvalue weighted by atomic mass is 10.1. The molecule has 0 atom stereocenters. The van der Waals surface area contributed by atoms with Crippen molar-refractivity contribution in [2.75, 3.05) is 5.73 Å². The fourth-order valence-corrected chi connectivity index (χ4v) is 1.31. The first-order valence-corrected chi connectivity index (χ1v) is 4.39. The van der Waals surface area contributed by atoms with Crippen LogP contribution in [0.1, 0.15) is 17.3 Å². The summed E-state index contributed by atoms with van der Waals surface area (Å²) in [6.07, 6.45) is 0. The Morgan fingerprint density at radius 2 is 2.17 bits per heavy atom. The lowest BCUT2D eigenvalue weighted by molar-refractivity contribution is 0.101. The molecule has 1 aromatic rings. The number of nitrogens with two attached hydrogens (primary N) is 1. The summed E-state index contributed by atoms with van der Waals surface area (Å²) in [6, 6.07) is 2.96. The SMILES string of the molecule is CC(=O)c1cc(N)c(I)cc1O. The molecule has 0 aliphatic rings. The van der Waals surface area contributed by atoms with Crippen LogP contribution < -0.4 is 5.73 Å². The van der Waals surface area contributed by atoms with Crippen molar-refractivity contribution in [2.45, 2.75) is 6.92 Å². The number of Topliss-reactive ketones (excluding diaryl/α,β-unsaturated/α-hetero) is 1. The number of carbonyl (C=O) groups excluding carboxylic acids is 1. The van der Waals surface area contributed by atoms with Gasteiger partial charge in [0.25, 0.3) is 0 Å². The maximum atomic E-state index is 10.9. The molecule has 0 saturated carbocycles. The summed E-state index contributed by atoms with van der Waals surface area (Å²) in [5.41, 5.74) is 6.34. The van der Waals surface area contributed by atoms with Crippen molar-refractivity contribution in [3.63, 3.8) is 0 Å². The van der Waals surface area contributed by atoms with Crippen LogP contribution in [-0.2, 0) is 0 Å². The Morgan fingerprint density at radius 3 is 2.67 bits per heavy atom. The van der Waals surface area contributed by atoms with Crippen LogP contribution in [0, 0.1) is 3.57 Å². The van der Waals surface area contributed by atoms with Gasteiger partial charge in [-0.2, -0.15) is 0 Å². The molecule has 0 heterocycles. The lowest BCUT2D eigenvalue weighted by Gasteiger charge is -2.03. The molecule has 0 amide bonds. The van der Waals surface area contributed by atoms with E-state index in [4.69, 9.17) is 5.73 Å². The summed E-state index contributed by atoms with van der Waals surface area (Å²) in [5.74, 6) is -0.197. The van der Waals surface area contributed by atoms with Crippen LogP contribution in [0.15, 0.2) is 12.1 Å². The molecule has 0 radical (unpaired) electrons. The zero-order valence-corrected chi connectivity index (χ0v) is 8.62. The summed E-state index contributed by atoms with van der Waals surface area (Å²) in [4.78, 5) is 10.9. The van der Waals surface area contributed by atoms with Gasteiger partial charge < -0.3 is 10.8 Å². The highest BCUT2D eigenvalue weighted by atomic mass is 127. The summed E-state index contributed by atoms with van der Waals surface area (Å²) >= 11 is 1.99. The van der Waals surface area contributed by atoms with E-state index in [0.29, 0.717) is 5.69 Å². The molecule has 1 rings (SSSR count). The predicted molar refractivity (Wildman–Crippen MR) is 55.2 cm³/mol. The van der Waals surface area contributed by atoms with Gasteiger partial charge in [0.05, 0.1) is 5.56 Å². The number of phenolic OH excluding ortho intramolecular Hbond substituents is 1. The number of halogens is 1. The van der Waals surface area contributed by atoms with Crippen molar-refractivity contribution in [3.05, 3.63) is 21.3 Å². The summed E-state index contributed by atoms with van der Waals surface area (Å²) in [7, 11) is 0. The first kappa shape index (κ1) is 9.31. The van der Waals surface area contributed by atoms with E-state index < -0.39 is 0 Å². The fourth-order valence-electron chi connectivity index (χ4n) is 0.861. The summed E-state index contributed by atoms with van der Waals surface area (Å²) in [6.45, 7) is 1.39. The molecule has 4 heteroatoms. The molecule has 3 N–H and O–H groups in total. The molecule has 1 aromatic carbocycles. The maximum Gasteiger partial charge on any atom is 0.163 e. The minimum Gasteiger partial charge on any atom is -0.507 e. The van der Waals surface area contributed by atoms with Gasteiger partial charge in [0.15, 0.2) is 5.78 Å². The van der Waals surface area contributed by atoms with E-state index in [1.165, 1.54) is 19.1 Å². The lowest BCUT2D eigenvalue weighted by Crippen LogP contribution is -1.97. The van der Waals surface area contributed by atoms with E-state index in [9.17, 15) is 9.90 Å². The fraction of sp³-hybridized carbons (Fsp3) is 0.125. The Kier molecular flexibility index (Phi) is 2.56. The number of ketones is 1. The first-order chi connectivity index (χ1) is 5.52. The Bertz CT molecular complexity index is 336. The van der Waals surface area contributed by atoms with Gasteiger partial charge in [-0.05, 0) is 41.6 Å². The number of hydrogen-bond donors (Lipinski definition) is 2. The van der Waals surface area contributed by atoms with Crippen molar-refractivity contribution in [2.24, 2.45) is 0 Å². The first-order valence-electron chi connectivity index (χ1n) is 3.31. The van der Waals surface area contributed by atoms with Crippen molar-refractivity contribution >= 4 is 34.1 Å². The molecule has 0 spiro atoms. The van der Waals surface area contributed by atoms with Crippen LogP contribution in [0.4, 0.5) is 5.69 Å². The van der Waals surface area contributed by atoms with Crippen LogP contribution in [0.2, 0.25) is 0 Å². The summed E-state index contributed by atoms with van der Waals surface area (Å²) < 4.78 is 0.745. The monoisotopic (exact) mass is 277 g/mol. The average molecular weight is 277 g/mol. The molecule has 0 aliphatic heterocycles. The molecule has 0 bridgehead atoms. The number of benzene rings is 1. The Balaban J connectivity index is 3.33. The number of aromatic hydroxyl groups is 1. The molecular formula is C8H8INO2. The molecular weight excluding hydrogens is 269 g/mol. The van der Waals surface area contributed by atoms with Crippen LogP contribution in [0.25, 0.3) is 0 Å². The Labute approximate surface area is 83.7 Å². The van der Waals surface area contributed by atoms with E-state index in [1.807, 2.05) is 22.6 Å². The normalized spacial score (nSPS) is 9.83. The second kappa shape index (κ2) is 3.30. The van der Waals surface area contributed by atoms with Crippen molar-refractivity contribution in [3.8, 4) is 5.75 Å². The third-order valence-corrected chi connectivity index (χ3v) is 2.43. The largest absolute Gasteiger partial charge is 0.507 e. The molecule has 0 unspecified atom stereocenters. The quantitative estimate of drug-likeness (QED) is 0.356. The highest BCUT2D eigenvalue weighted by Crippen LogP contribution is 2.25. The molecule has 0 aromatic heterocycles. The standard InChI is InChI=1S/C8H8INO2/c1-4(11)5-2-7(10)6(9)3-8(5)12/h2-3,12H,10H2,1H3. The Hall–Kier alpha value is -0.780. The zero-order chi connectivity index (χ0) is 9.30. The zero-order valence-electron chi connectivity index (χ0n) is 6.47. The van der Waals surface area contributed by atoms with Gasteiger partial charge in [0.2, 0.25) is 0 Å². The molecule has 0 fully saturated rings. The molecule has 0 saturated heterocycles. The topological polar surface area (TPSA) is 63.3 Å². The molecule has 64 valence electrons. The average Bonchev–Trinajstić information content (AvgIpc) is 1.96. The number of phenols is 1. The number of carbonyl (C=O) groups is 1. The van der Waals surface area contributed by atoms with Crippen molar-refractivity contribution in [1.82, 2.24) is 0 Å². The molecule has 3 nitrogen and oxygen atoms in total. The van der Waals surface area contributed by atoms with Crippen LogP contribution in [0.3, 0.4) is 0 Å². The third kappa shape index (κ3) is 1.69. The van der Waals surface area contributed by atoms with E-state index in [0.717, 1.165) is 3.57 Å². The second-order valence-electron chi connectivity index (χ2n) is 2.45. The highest BCUT2D eigenvalue weighted by molar-refractivity contribution is 14.1. The summed E-state index contributed by atoms with van der Waals surface area (Å²) in [5, 5.41) is 9.31. The number of nitrogen functional groups attached to an aromatic ring is 1.